The van der Waals surface area contributed by atoms with Crippen LogP contribution in [-0.2, 0) is 11.3 Å². The van der Waals surface area contributed by atoms with Crippen molar-refractivity contribution in [2.45, 2.75) is 22.2 Å². The fourth-order valence-electron chi connectivity index (χ4n) is 1.00. The van der Waals surface area contributed by atoms with E-state index in [1.165, 1.54) is 3.93 Å². The maximum atomic E-state index is 11.4. The number of hydrogen-bond acceptors (Lipinski definition) is 3. The van der Waals surface area contributed by atoms with Crippen LogP contribution in [0.3, 0.4) is 0 Å². The van der Waals surface area contributed by atoms with Crippen molar-refractivity contribution in [3.8, 4) is 6.07 Å². The Hall–Kier alpha value is -0.100. The van der Waals surface area contributed by atoms with Gasteiger partial charge in [-0.3, -0.25) is 0 Å². The largest absolute Gasteiger partial charge is 0.434 e. The Morgan fingerprint density at radius 3 is 2.25 bits per heavy atom. The van der Waals surface area contributed by atoms with Crippen LogP contribution in [0.4, 0.5) is 4.79 Å². The third-order valence-corrected chi connectivity index (χ3v) is 2.86. The van der Waals surface area contributed by atoms with Gasteiger partial charge in [-0.25, -0.2) is 8.72 Å². The summed E-state index contributed by atoms with van der Waals surface area (Å²) in [7, 11) is 0. The molecule has 0 saturated carbocycles. The van der Waals surface area contributed by atoms with E-state index in [4.69, 9.17) is 10.00 Å². The molecule has 0 N–H and O–H groups in total. The topological polar surface area (TPSA) is 53.3 Å². The molecule has 0 fully saturated rings. The third kappa shape index (κ3) is 10.7. The quantitative estimate of drug-likeness (QED) is 0.390. The SMILES string of the molecule is CC(Br)OC(=O)N(Br)Cc1ccccc1.N#CC(Br)Br. The van der Waals surface area contributed by atoms with E-state index in [-0.39, 0.29) is 8.75 Å². The number of ether oxygens (including phenoxy) is 1. The second kappa shape index (κ2) is 11.5. The number of nitrogens with zero attached hydrogens (tertiary/aromatic N) is 2. The Balaban J connectivity index is 0.000000621. The van der Waals surface area contributed by atoms with Gasteiger partial charge in [-0.15, -0.1) is 0 Å². The van der Waals surface area contributed by atoms with Gasteiger partial charge in [0.1, 0.15) is 0 Å². The minimum absolute atomic E-state index is 0.185. The normalized spacial score (nSPS) is 10.8. The maximum Gasteiger partial charge on any atom is 0.421 e. The van der Waals surface area contributed by atoms with Crippen LogP contribution < -0.4 is 0 Å². The van der Waals surface area contributed by atoms with E-state index in [9.17, 15) is 4.79 Å². The van der Waals surface area contributed by atoms with Gasteiger partial charge in [0.15, 0.2) is 8.75 Å². The fraction of sp³-hybridized carbons (Fsp3) is 0.333. The van der Waals surface area contributed by atoms with Crippen LogP contribution in [0, 0.1) is 11.3 Å². The molecule has 1 amide bonds. The summed E-state index contributed by atoms with van der Waals surface area (Å²) in [6.45, 7) is 2.21. The molecule has 4 nitrogen and oxygen atoms in total. The van der Waals surface area contributed by atoms with Crippen molar-refractivity contribution < 1.29 is 9.53 Å². The van der Waals surface area contributed by atoms with E-state index >= 15 is 0 Å². The number of alkyl halides is 3. The molecule has 0 aromatic heterocycles. The highest BCUT2D eigenvalue weighted by molar-refractivity contribution is 9.24. The predicted molar refractivity (Wildman–Crippen MR) is 93.0 cm³/mol. The fourth-order valence-corrected chi connectivity index (χ4v) is 1.54. The van der Waals surface area contributed by atoms with E-state index < -0.39 is 6.09 Å². The zero-order valence-corrected chi connectivity index (χ0v) is 16.8. The maximum absolute atomic E-state index is 11.4. The van der Waals surface area contributed by atoms with Gasteiger partial charge in [0.25, 0.3) is 0 Å². The summed E-state index contributed by atoms with van der Waals surface area (Å²) in [4.78, 5) is 11.4. The molecule has 8 heteroatoms. The highest BCUT2D eigenvalue weighted by Crippen LogP contribution is 2.12. The van der Waals surface area contributed by atoms with E-state index in [0.29, 0.717) is 6.54 Å². The molecule has 0 saturated heterocycles. The molecule has 1 rings (SSSR count). The minimum atomic E-state index is -0.414. The van der Waals surface area contributed by atoms with Crippen molar-refractivity contribution in [1.29, 1.82) is 5.26 Å². The van der Waals surface area contributed by atoms with Crippen LogP contribution in [0.25, 0.3) is 0 Å². The summed E-state index contributed by atoms with van der Waals surface area (Å²) in [6.07, 6.45) is -0.414. The first-order valence-corrected chi connectivity index (χ1v) is 8.82. The summed E-state index contributed by atoms with van der Waals surface area (Å²) in [5.41, 5.74) is 1.04. The van der Waals surface area contributed by atoms with Gasteiger partial charge >= 0.3 is 6.09 Å². The smallest absolute Gasteiger partial charge is 0.421 e. The van der Waals surface area contributed by atoms with Gasteiger partial charge in [0, 0.05) is 0 Å². The molecule has 1 atom stereocenters. The summed E-state index contributed by atoms with van der Waals surface area (Å²) < 4.78 is 6.10. The van der Waals surface area contributed by atoms with Gasteiger partial charge in [0.05, 0.1) is 28.8 Å². The lowest BCUT2D eigenvalue weighted by molar-refractivity contribution is 0.125. The van der Waals surface area contributed by atoms with Crippen molar-refractivity contribution in [3.63, 3.8) is 0 Å². The number of nitriles is 1. The van der Waals surface area contributed by atoms with Crippen LogP contribution in [0.1, 0.15) is 12.5 Å². The van der Waals surface area contributed by atoms with Crippen molar-refractivity contribution in [3.05, 3.63) is 35.9 Å². The Bertz CT molecular complexity index is 435. The molecule has 0 aliphatic rings. The first kappa shape index (κ1) is 19.9. The highest BCUT2D eigenvalue weighted by Gasteiger charge is 2.14. The Morgan fingerprint density at radius 2 is 1.85 bits per heavy atom. The van der Waals surface area contributed by atoms with Crippen LogP contribution in [-0.4, -0.2) is 18.8 Å². The van der Waals surface area contributed by atoms with E-state index in [1.54, 1.807) is 6.92 Å². The standard InChI is InChI=1S/C10H11Br2NO2.C2HBr2N/c1-8(11)15-10(14)13(12)7-9-5-3-2-4-6-9;3-2(4)1-5/h2-6,8H,7H2,1H3;2H. The summed E-state index contributed by atoms with van der Waals surface area (Å²) in [5.74, 6) is 0. The number of carbonyl (C=O) groups excluding carboxylic acids is 1. The minimum Gasteiger partial charge on any atom is -0.434 e. The van der Waals surface area contributed by atoms with E-state index in [2.05, 4.69) is 63.9 Å². The molecule has 0 heterocycles. The van der Waals surface area contributed by atoms with Gasteiger partial charge in [-0.2, -0.15) is 5.26 Å². The second-order valence-corrected chi connectivity index (χ2v) is 8.57. The number of halogens is 4. The van der Waals surface area contributed by atoms with Crippen molar-refractivity contribution in [2.75, 3.05) is 0 Å². The van der Waals surface area contributed by atoms with Crippen LogP contribution >= 0.6 is 63.9 Å². The summed E-state index contributed by atoms with van der Waals surface area (Å²) in [6, 6.07) is 11.5. The van der Waals surface area contributed by atoms with Gasteiger partial charge < -0.3 is 4.74 Å². The molecule has 20 heavy (non-hydrogen) atoms. The molecule has 1 unspecified atom stereocenters. The highest BCUT2D eigenvalue weighted by atomic mass is 79.9. The Morgan fingerprint density at radius 1 is 1.35 bits per heavy atom. The van der Waals surface area contributed by atoms with Crippen LogP contribution in [0.2, 0.25) is 0 Å². The molecule has 110 valence electrons. The molecule has 0 spiro atoms. The van der Waals surface area contributed by atoms with E-state index in [1.807, 2.05) is 36.4 Å². The number of amides is 1. The molecule has 1 aromatic rings. The average molecular weight is 536 g/mol. The van der Waals surface area contributed by atoms with Crippen molar-refractivity contribution in [1.82, 2.24) is 3.93 Å². The van der Waals surface area contributed by atoms with Crippen molar-refractivity contribution in [2.24, 2.45) is 0 Å². The first-order valence-electron chi connectivity index (χ1n) is 5.36. The van der Waals surface area contributed by atoms with Gasteiger partial charge in [-0.05, 0) is 28.4 Å². The molecule has 0 radical (unpaired) electrons. The Kier molecular flexibility index (Phi) is 11.5. The predicted octanol–water partition coefficient (Wildman–Crippen LogP) is 5.30. The lowest BCUT2D eigenvalue weighted by Crippen LogP contribution is -2.23. The number of rotatable bonds is 3. The molecular formula is C12H12Br4N2O2. The summed E-state index contributed by atoms with van der Waals surface area (Å²) in [5, 5.41) is 7.51. The molecular weight excluding hydrogens is 524 g/mol. The Labute approximate surface area is 152 Å². The number of carbonyl (C=O) groups is 1. The van der Waals surface area contributed by atoms with Gasteiger partial charge in [-0.1, -0.05) is 62.2 Å². The zero-order valence-electron chi connectivity index (χ0n) is 10.5. The van der Waals surface area contributed by atoms with Crippen molar-refractivity contribution >= 4 is 70.0 Å². The molecule has 0 aliphatic carbocycles. The monoisotopic (exact) mass is 532 g/mol. The summed E-state index contributed by atoms with van der Waals surface area (Å²) >= 11 is 12.1. The van der Waals surface area contributed by atoms with E-state index in [0.717, 1.165) is 5.56 Å². The average Bonchev–Trinajstić information content (AvgIpc) is 2.39. The second-order valence-electron chi connectivity index (χ2n) is 3.36. The lowest BCUT2D eigenvalue weighted by atomic mass is 10.2. The molecule has 0 bridgehead atoms. The number of hydrogen-bond donors (Lipinski definition) is 0. The van der Waals surface area contributed by atoms with Crippen LogP contribution in [0.15, 0.2) is 30.3 Å². The third-order valence-electron chi connectivity index (χ3n) is 1.72. The molecule has 1 aromatic carbocycles. The first-order chi connectivity index (χ1) is 9.36. The lowest BCUT2D eigenvalue weighted by Gasteiger charge is -2.15. The number of benzene rings is 1. The van der Waals surface area contributed by atoms with Crippen LogP contribution in [0.5, 0.6) is 0 Å². The molecule has 0 aliphatic heterocycles. The van der Waals surface area contributed by atoms with Gasteiger partial charge in [0.2, 0.25) is 0 Å². The zero-order chi connectivity index (χ0) is 15.5.